The highest BCUT2D eigenvalue weighted by atomic mass is 32.2. The van der Waals surface area contributed by atoms with Crippen LogP contribution in [0.3, 0.4) is 0 Å². The number of allylic oxidation sites excluding steroid dienone is 1. The van der Waals surface area contributed by atoms with Crippen LogP contribution >= 0.6 is 11.8 Å². The van der Waals surface area contributed by atoms with Gasteiger partial charge in [-0.1, -0.05) is 30.0 Å². The zero-order chi connectivity index (χ0) is 13.5. The van der Waals surface area contributed by atoms with Gasteiger partial charge in [-0.25, -0.2) is 0 Å². The molecule has 0 unspecified atom stereocenters. The Morgan fingerprint density at radius 3 is 2.67 bits per heavy atom. The molecule has 1 aromatic rings. The molecule has 0 aliphatic rings. The average molecular weight is 264 g/mol. The van der Waals surface area contributed by atoms with Crippen LogP contribution in [0.2, 0.25) is 0 Å². The molecule has 18 heavy (non-hydrogen) atoms. The summed E-state index contributed by atoms with van der Waals surface area (Å²) in [5.41, 5.74) is 1.20. The first-order chi connectivity index (χ1) is 8.50. The maximum absolute atomic E-state index is 11.2. The van der Waals surface area contributed by atoms with Crippen molar-refractivity contribution in [1.82, 2.24) is 0 Å². The molecule has 0 bridgehead atoms. The number of phenolic OH excluding ortho intramolecular Hbond substituents is 1. The standard InChI is InChI=1S/C14H16O3S/c1-10(15)13-9-12(6-7-14(13)17)5-3-4-8-18-11(2)16/h3,5-7,9,17H,4,8H2,1-2H3. The van der Waals surface area contributed by atoms with Crippen molar-refractivity contribution in [2.45, 2.75) is 20.3 Å². The summed E-state index contributed by atoms with van der Waals surface area (Å²) in [7, 11) is 0. The molecular weight excluding hydrogens is 248 g/mol. The fraction of sp³-hybridized carbons (Fsp3) is 0.286. The van der Waals surface area contributed by atoms with Crippen molar-refractivity contribution in [3.63, 3.8) is 0 Å². The molecule has 0 amide bonds. The number of ketones is 1. The molecular formula is C14H16O3S. The lowest BCUT2D eigenvalue weighted by Gasteiger charge is -2.01. The number of aromatic hydroxyl groups is 1. The minimum absolute atomic E-state index is 0.00628. The number of rotatable bonds is 5. The van der Waals surface area contributed by atoms with E-state index in [-0.39, 0.29) is 16.6 Å². The Balaban J connectivity index is 2.62. The monoisotopic (exact) mass is 264 g/mol. The number of phenols is 1. The van der Waals surface area contributed by atoms with E-state index >= 15 is 0 Å². The lowest BCUT2D eigenvalue weighted by molar-refractivity contribution is -0.109. The Morgan fingerprint density at radius 2 is 2.06 bits per heavy atom. The van der Waals surface area contributed by atoms with E-state index < -0.39 is 0 Å². The van der Waals surface area contributed by atoms with Crippen LogP contribution in [0.5, 0.6) is 5.75 Å². The van der Waals surface area contributed by atoms with E-state index in [1.165, 1.54) is 24.8 Å². The van der Waals surface area contributed by atoms with Gasteiger partial charge in [-0.2, -0.15) is 0 Å². The zero-order valence-electron chi connectivity index (χ0n) is 10.5. The fourth-order valence-corrected chi connectivity index (χ4v) is 1.97. The van der Waals surface area contributed by atoms with Crippen molar-refractivity contribution in [3.05, 3.63) is 35.4 Å². The van der Waals surface area contributed by atoms with Crippen molar-refractivity contribution >= 4 is 28.7 Å². The topological polar surface area (TPSA) is 54.4 Å². The van der Waals surface area contributed by atoms with Crippen LogP contribution in [-0.2, 0) is 4.79 Å². The SMILES string of the molecule is CC(=O)SCCC=Cc1ccc(O)c(C(C)=O)c1. The molecule has 3 nitrogen and oxygen atoms in total. The predicted molar refractivity (Wildman–Crippen MR) is 74.9 cm³/mol. The van der Waals surface area contributed by atoms with Gasteiger partial charge in [0, 0.05) is 12.7 Å². The van der Waals surface area contributed by atoms with Gasteiger partial charge in [0.15, 0.2) is 10.9 Å². The molecule has 0 radical (unpaired) electrons. The van der Waals surface area contributed by atoms with Gasteiger partial charge in [0.05, 0.1) is 5.56 Å². The maximum atomic E-state index is 11.2. The summed E-state index contributed by atoms with van der Waals surface area (Å²) in [6.45, 7) is 2.97. The lowest BCUT2D eigenvalue weighted by Crippen LogP contribution is -1.93. The molecule has 96 valence electrons. The second-order valence-corrected chi connectivity index (χ2v) is 5.14. The fourth-order valence-electron chi connectivity index (χ4n) is 1.43. The quantitative estimate of drug-likeness (QED) is 0.655. The highest BCUT2D eigenvalue weighted by Crippen LogP contribution is 2.20. The lowest BCUT2D eigenvalue weighted by atomic mass is 10.1. The third-order valence-electron chi connectivity index (χ3n) is 2.30. The highest BCUT2D eigenvalue weighted by Gasteiger charge is 2.05. The summed E-state index contributed by atoms with van der Waals surface area (Å²) in [4.78, 5) is 22.0. The number of thioether (sulfide) groups is 1. The van der Waals surface area contributed by atoms with Crippen LogP contribution in [0.1, 0.15) is 36.2 Å². The molecule has 0 fully saturated rings. The summed E-state index contributed by atoms with van der Waals surface area (Å²) in [5.74, 6) is 0.602. The number of carbonyl (C=O) groups is 2. The Bertz CT molecular complexity index is 478. The molecule has 0 saturated heterocycles. The van der Waals surface area contributed by atoms with Crippen LogP contribution in [0.15, 0.2) is 24.3 Å². The van der Waals surface area contributed by atoms with Gasteiger partial charge in [0.25, 0.3) is 0 Å². The predicted octanol–water partition coefficient (Wildman–Crippen LogP) is 3.28. The van der Waals surface area contributed by atoms with Gasteiger partial charge in [-0.05, 0) is 31.0 Å². The van der Waals surface area contributed by atoms with Gasteiger partial charge < -0.3 is 5.11 Å². The van der Waals surface area contributed by atoms with Crippen LogP contribution in [0.4, 0.5) is 0 Å². The van der Waals surface area contributed by atoms with Gasteiger partial charge in [-0.15, -0.1) is 0 Å². The van der Waals surface area contributed by atoms with E-state index in [2.05, 4.69) is 0 Å². The number of hydrogen-bond acceptors (Lipinski definition) is 4. The summed E-state index contributed by atoms with van der Waals surface area (Å²) in [6, 6.07) is 4.92. The number of hydrogen-bond donors (Lipinski definition) is 1. The van der Waals surface area contributed by atoms with Gasteiger partial charge in [-0.3, -0.25) is 9.59 Å². The van der Waals surface area contributed by atoms with Gasteiger partial charge in [0.1, 0.15) is 5.75 Å². The molecule has 1 N–H and O–H groups in total. The molecule has 4 heteroatoms. The molecule has 0 atom stereocenters. The Hall–Kier alpha value is -1.55. The van der Waals surface area contributed by atoms with E-state index in [4.69, 9.17) is 0 Å². The zero-order valence-corrected chi connectivity index (χ0v) is 11.3. The second kappa shape index (κ2) is 7.01. The first-order valence-electron chi connectivity index (χ1n) is 5.64. The third-order valence-corrected chi connectivity index (χ3v) is 3.15. The normalized spacial score (nSPS) is 10.8. The smallest absolute Gasteiger partial charge is 0.185 e. The van der Waals surface area contributed by atoms with Gasteiger partial charge in [0.2, 0.25) is 0 Å². The molecule has 0 aliphatic carbocycles. The van der Waals surface area contributed by atoms with Crippen molar-refractivity contribution in [3.8, 4) is 5.75 Å². The molecule has 0 heterocycles. The van der Waals surface area contributed by atoms with E-state index in [0.717, 1.165) is 17.7 Å². The van der Waals surface area contributed by atoms with E-state index in [1.54, 1.807) is 19.1 Å². The van der Waals surface area contributed by atoms with Crippen LogP contribution < -0.4 is 0 Å². The molecule has 0 saturated carbocycles. The summed E-state index contributed by atoms with van der Waals surface area (Å²) in [5, 5.41) is 9.61. The van der Waals surface area contributed by atoms with E-state index in [9.17, 15) is 14.7 Å². The Morgan fingerprint density at radius 1 is 1.33 bits per heavy atom. The van der Waals surface area contributed by atoms with Crippen LogP contribution in [-0.4, -0.2) is 21.8 Å². The number of benzene rings is 1. The molecule has 1 rings (SSSR count). The van der Waals surface area contributed by atoms with Crippen molar-refractivity contribution < 1.29 is 14.7 Å². The summed E-state index contributed by atoms with van der Waals surface area (Å²) >= 11 is 1.29. The van der Waals surface area contributed by atoms with Crippen LogP contribution in [0.25, 0.3) is 6.08 Å². The molecule has 0 spiro atoms. The van der Waals surface area contributed by atoms with E-state index in [0.29, 0.717) is 5.56 Å². The van der Waals surface area contributed by atoms with E-state index in [1.807, 2.05) is 12.2 Å². The third kappa shape index (κ3) is 4.75. The molecule has 1 aromatic carbocycles. The minimum atomic E-state index is -0.158. The maximum Gasteiger partial charge on any atom is 0.185 e. The average Bonchev–Trinajstić information content (AvgIpc) is 2.30. The largest absolute Gasteiger partial charge is 0.507 e. The molecule has 0 aromatic heterocycles. The van der Waals surface area contributed by atoms with Crippen molar-refractivity contribution in [1.29, 1.82) is 0 Å². The summed E-state index contributed by atoms with van der Waals surface area (Å²) < 4.78 is 0. The minimum Gasteiger partial charge on any atom is -0.507 e. The second-order valence-electron chi connectivity index (χ2n) is 3.86. The first kappa shape index (κ1) is 14.5. The molecule has 0 aliphatic heterocycles. The summed E-state index contributed by atoms with van der Waals surface area (Å²) in [6.07, 6.45) is 4.62. The number of Topliss-reactive ketones (excluding diaryl/α,β-unsaturated/α-hetero) is 1. The Labute approximate surface area is 111 Å². The first-order valence-corrected chi connectivity index (χ1v) is 6.63. The van der Waals surface area contributed by atoms with Gasteiger partial charge >= 0.3 is 0 Å². The van der Waals surface area contributed by atoms with Crippen molar-refractivity contribution in [2.75, 3.05) is 5.75 Å². The van der Waals surface area contributed by atoms with Crippen molar-refractivity contribution in [2.24, 2.45) is 0 Å². The highest BCUT2D eigenvalue weighted by molar-refractivity contribution is 8.13. The van der Waals surface area contributed by atoms with Crippen LogP contribution in [0, 0.1) is 0 Å². The number of carbonyl (C=O) groups excluding carboxylic acids is 2. The Kier molecular flexibility index (Phi) is 5.65.